The van der Waals surface area contributed by atoms with Gasteiger partial charge in [-0.05, 0) is 64.1 Å². The Morgan fingerprint density at radius 3 is 1.67 bits per heavy atom. The fraction of sp³-hybridized carbons (Fsp3) is 0.348. The van der Waals surface area contributed by atoms with E-state index in [1.165, 1.54) is 0 Å². The van der Waals surface area contributed by atoms with E-state index in [0.717, 1.165) is 71.0 Å². The Bertz CT molecular complexity index is 2450. The highest BCUT2D eigenvalue weighted by molar-refractivity contribution is 8.00. The van der Waals surface area contributed by atoms with Crippen LogP contribution in [-0.4, -0.2) is 84.5 Å². The first-order valence-electron chi connectivity index (χ1n) is 19.9. The predicted octanol–water partition coefficient (Wildman–Crippen LogP) is 10.6. The van der Waals surface area contributed by atoms with Crippen molar-refractivity contribution in [3.05, 3.63) is 96.1 Å². The lowest BCUT2D eigenvalue weighted by Gasteiger charge is -2.30. The zero-order chi connectivity index (χ0) is 41.1. The largest absolute Gasteiger partial charge is 0.497 e. The number of rotatable bonds is 12. The third-order valence-electron chi connectivity index (χ3n) is 11.1. The molecule has 0 spiro atoms. The molecule has 2 unspecified atom stereocenters. The van der Waals surface area contributed by atoms with Gasteiger partial charge in [0.25, 0.3) is 0 Å². The number of hydrogen-bond acceptors (Lipinski definition) is 6. The molecular formula is C46H50F2N4O4S2. The maximum Gasteiger partial charge on any atom is 0.240 e. The summed E-state index contributed by atoms with van der Waals surface area (Å²) < 4.78 is 42.3. The van der Waals surface area contributed by atoms with E-state index in [1.54, 1.807) is 37.7 Å². The van der Waals surface area contributed by atoms with Crippen LogP contribution in [0.15, 0.2) is 94.7 Å². The summed E-state index contributed by atoms with van der Waals surface area (Å²) in [6.45, 7) is 10.2. The topological polar surface area (TPSA) is 68.9 Å². The van der Waals surface area contributed by atoms with Crippen LogP contribution in [0.1, 0.15) is 49.3 Å². The fourth-order valence-electron chi connectivity index (χ4n) is 8.44. The Morgan fingerprint density at radius 1 is 0.638 bits per heavy atom. The Kier molecular flexibility index (Phi) is 12.7. The van der Waals surface area contributed by atoms with Crippen molar-refractivity contribution in [2.24, 2.45) is 0 Å². The maximum atomic E-state index is 13.6. The third kappa shape index (κ3) is 7.12. The highest BCUT2D eigenvalue weighted by Gasteiger charge is 2.39. The first-order valence-corrected chi connectivity index (χ1v) is 21.7. The van der Waals surface area contributed by atoms with Gasteiger partial charge < -0.3 is 28.4 Å². The molecule has 8 nitrogen and oxygen atoms in total. The number of hydrogen-bond donors (Lipinski definition) is 0. The van der Waals surface area contributed by atoms with E-state index in [2.05, 4.69) is 12.1 Å². The fourth-order valence-corrected chi connectivity index (χ4v) is 11.0. The molecule has 0 aliphatic carbocycles. The molecule has 2 aromatic heterocycles. The number of likely N-dealkylation sites (N-methyl/N-ethyl adjacent to an activating group) is 2. The van der Waals surface area contributed by atoms with Gasteiger partial charge in [-0.2, -0.15) is 0 Å². The van der Waals surface area contributed by atoms with Gasteiger partial charge in [-0.1, -0.05) is 42.5 Å². The quantitative estimate of drug-likeness (QED) is 0.122. The van der Waals surface area contributed by atoms with Crippen molar-refractivity contribution in [2.75, 3.05) is 53.7 Å². The summed E-state index contributed by atoms with van der Waals surface area (Å²) in [7, 11) is 3.26. The maximum absolute atomic E-state index is 13.6. The van der Waals surface area contributed by atoms with Crippen LogP contribution in [-0.2, 0) is 22.7 Å². The summed E-state index contributed by atoms with van der Waals surface area (Å²) in [5.41, 5.74) is 7.71. The van der Waals surface area contributed by atoms with Crippen LogP contribution >= 0.6 is 23.5 Å². The Morgan fingerprint density at radius 2 is 1.16 bits per heavy atom. The Labute approximate surface area is 347 Å². The molecule has 304 valence electrons. The van der Waals surface area contributed by atoms with Crippen molar-refractivity contribution < 1.29 is 27.8 Å². The smallest absolute Gasteiger partial charge is 0.240 e. The van der Waals surface area contributed by atoms with Gasteiger partial charge in [0.15, 0.2) is 0 Å². The number of ether oxygens (including phenoxy) is 2. The average Bonchev–Trinajstić information content (AvgIpc) is 3.77. The van der Waals surface area contributed by atoms with Crippen molar-refractivity contribution in [3.8, 4) is 34.0 Å². The summed E-state index contributed by atoms with van der Waals surface area (Å²) >= 11 is 3.17. The Hall–Kier alpha value is -4.94. The summed E-state index contributed by atoms with van der Waals surface area (Å²) in [5.74, 6) is 1.63. The normalized spacial score (nSPS) is 15.1. The SMILES string of the molecule is CCN(CC)C(=O)C1Sc2ccccc2-c2c1c1c(OC)cccc1n2CCF.CCN(CC)C(=O)C1Sc2ccccc2-c2c1c1ccc(OC)cc1n2CCF. The lowest BCUT2D eigenvalue weighted by atomic mass is 10.00. The lowest BCUT2D eigenvalue weighted by Crippen LogP contribution is -2.34. The van der Waals surface area contributed by atoms with E-state index in [1.807, 2.05) is 119 Å². The third-order valence-corrected chi connectivity index (χ3v) is 13.7. The molecule has 6 aromatic rings. The molecule has 58 heavy (non-hydrogen) atoms. The second kappa shape index (κ2) is 17.9. The van der Waals surface area contributed by atoms with Crippen LogP contribution < -0.4 is 9.47 Å². The second-order valence-corrected chi connectivity index (χ2v) is 16.2. The summed E-state index contributed by atoms with van der Waals surface area (Å²) in [6.07, 6.45) is 0. The number of aryl methyl sites for hydroxylation is 2. The summed E-state index contributed by atoms with van der Waals surface area (Å²) in [6, 6.07) is 27.8. The van der Waals surface area contributed by atoms with Gasteiger partial charge in [0.05, 0.1) is 49.7 Å². The van der Waals surface area contributed by atoms with E-state index in [0.29, 0.717) is 31.9 Å². The lowest BCUT2D eigenvalue weighted by molar-refractivity contribution is -0.131. The zero-order valence-corrected chi connectivity index (χ0v) is 35.5. The van der Waals surface area contributed by atoms with Gasteiger partial charge in [0, 0.05) is 75.1 Å². The first kappa shape index (κ1) is 41.2. The number of alkyl halides is 2. The van der Waals surface area contributed by atoms with Crippen molar-refractivity contribution in [3.63, 3.8) is 0 Å². The highest BCUT2D eigenvalue weighted by atomic mass is 32.2. The summed E-state index contributed by atoms with van der Waals surface area (Å²) in [4.78, 5) is 32.8. The molecule has 0 saturated heterocycles. The molecule has 2 atom stereocenters. The molecule has 4 heterocycles. The number of aromatic nitrogens is 2. The monoisotopic (exact) mass is 824 g/mol. The van der Waals surface area contributed by atoms with Crippen LogP contribution in [0, 0.1) is 0 Å². The van der Waals surface area contributed by atoms with Crippen molar-refractivity contribution >= 4 is 57.1 Å². The number of carbonyl (C=O) groups is 2. The molecule has 0 N–H and O–H groups in total. The molecular weight excluding hydrogens is 775 g/mol. The predicted molar refractivity (Wildman–Crippen MR) is 233 cm³/mol. The van der Waals surface area contributed by atoms with Crippen LogP contribution in [0.5, 0.6) is 11.5 Å². The number of thioether (sulfide) groups is 2. The van der Waals surface area contributed by atoms with Crippen LogP contribution in [0.4, 0.5) is 8.78 Å². The number of amides is 2. The molecule has 2 amide bonds. The average molecular weight is 825 g/mol. The molecule has 12 heteroatoms. The highest BCUT2D eigenvalue weighted by Crippen LogP contribution is 2.55. The minimum Gasteiger partial charge on any atom is -0.497 e. The van der Waals surface area contributed by atoms with Crippen molar-refractivity contribution in [1.82, 2.24) is 18.9 Å². The van der Waals surface area contributed by atoms with Crippen LogP contribution in [0.25, 0.3) is 44.3 Å². The van der Waals surface area contributed by atoms with Gasteiger partial charge >= 0.3 is 0 Å². The molecule has 2 aliphatic rings. The minimum absolute atomic E-state index is 0.0842. The molecule has 0 bridgehead atoms. The van der Waals surface area contributed by atoms with Gasteiger partial charge in [0.1, 0.15) is 35.3 Å². The van der Waals surface area contributed by atoms with E-state index in [-0.39, 0.29) is 35.4 Å². The van der Waals surface area contributed by atoms with Crippen molar-refractivity contribution in [1.29, 1.82) is 0 Å². The van der Waals surface area contributed by atoms with E-state index < -0.39 is 13.3 Å². The molecule has 0 saturated carbocycles. The molecule has 0 fully saturated rings. The van der Waals surface area contributed by atoms with Crippen molar-refractivity contribution in [2.45, 2.75) is 61.1 Å². The number of fused-ring (bicyclic) bond motifs is 10. The van der Waals surface area contributed by atoms with E-state index in [4.69, 9.17) is 9.47 Å². The second-order valence-electron chi connectivity index (χ2n) is 14.0. The number of halogens is 2. The van der Waals surface area contributed by atoms with Gasteiger partial charge in [-0.3, -0.25) is 9.59 Å². The van der Waals surface area contributed by atoms with E-state index in [9.17, 15) is 18.4 Å². The molecule has 4 aromatic carbocycles. The van der Waals surface area contributed by atoms with Crippen LogP contribution in [0.2, 0.25) is 0 Å². The van der Waals surface area contributed by atoms with Gasteiger partial charge in [0.2, 0.25) is 11.8 Å². The summed E-state index contributed by atoms with van der Waals surface area (Å²) in [5, 5.41) is 1.16. The van der Waals surface area contributed by atoms with Crippen LogP contribution in [0.3, 0.4) is 0 Å². The van der Waals surface area contributed by atoms with E-state index >= 15 is 0 Å². The molecule has 0 radical (unpaired) electrons. The molecule has 8 rings (SSSR count). The number of methoxy groups -OCH3 is 2. The Balaban J connectivity index is 0.000000177. The number of carbonyl (C=O) groups excluding carboxylic acids is 2. The minimum atomic E-state index is -0.475. The number of nitrogens with zero attached hydrogens (tertiary/aromatic N) is 4. The standard InChI is InChI=1S/2C23H25FN2O2S/c1-4-25(5-2)23(27)22-20-19-16(10-8-11-17(19)28-3)26(14-13-24)21(20)15-9-6-7-12-18(15)29-22;1-4-25(5-2)23(27)22-20-16-11-10-15(28-3)14-18(16)26(13-12-24)21(20)17-8-6-7-9-19(17)29-22/h6-12,22H,4-5,13-14H2,1-3H3;6-11,14,22H,4-5,12-13H2,1-3H3. The first-order chi connectivity index (χ1) is 28.3. The molecule has 2 aliphatic heterocycles. The zero-order valence-electron chi connectivity index (χ0n) is 33.9. The van der Waals surface area contributed by atoms with Gasteiger partial charge in [-0.15, -0.1) is 23.5 Å². The number of benzene rings is 4. The van der Waals surface area contributed by atoms with Gasteiger partial charge in [-0.25, -0.2) is 8.78 Å².